The predicted molar refractivity (Wildman–Crippen MR) is 77.9 cm³/mol. The fraction of sp³-hybridized carbons (Fsp3) is 0.933. The van der Waals surface area contributed by atoms with Gasteiger partial charge >= 0.3 is 0 Å². The molecule has 2 aliphatic rings. The third-order valence-corrected chi connectivity index (χ3v) is 5.17. The zero-order chi connectivity index (χ0) is 13.7. The van der Waals surface area contributed by atoms with Crippen molar-refractivity contribution in [3.05, 3.63) is 0 Å². The van der Waals surface area contributed by atoms with E-state index in [1.54, 1.807) is 0 Å². The average Bonchev–Trinajstić information content (AvgIpc) is 2.89. The maximum absolute atomic E-state index is 9.46. The summed E-state index contributed by atoms with van der Waals surface area (Å²) in [7, 11) is 1.95. The Labute approximate surface area is 117 Å². The second-order valence-electron chi connectivity index (χ2n) is 5.99. The SMILES string of the molecule is CCN1CCN(CCC2CCCC2(C#N)NC)CC1. The molecule has 0 aromatic rings. The molecule has 2 atom stereocenters. The van der Waals surface area contributed by atoms with Gasteiger partial charge in [0.15, 0.2) is 0 Å². The molecule has 19 heavy (non-hydrogen) atoms. The largest absolute Gasteiger partial charge is 0.302 e. The molecule has 108 valence electrons. The molecule has 0 radical (unpaired) electrons. The normalized spacial score (nSPS) is 33.4. The van der Waals surface area contributed by atoms with E-state index in [9.17, 15) is 5.26 Å². The highest BCUT2D eigenvalue weighted by atomic mass is 15.3. The summed E-state index contributed by atoms with van der Waals surface area (Å²) in [6.45, 7) is 9.37. The number of piperazine rings is 1. The summed E-state index contributed by atoms with van der Waals surface area (Å²) in [6.07, 6.45) is 4.60. The minimum atomic E-state index is -0.245. The van der Waals surface area contributed by atoms with Gasteiger partial charge in [0.1, 0.15) is 5.54 Å². The van der Waals surface area contributed by atoms with Crippen LogP contribution in [0.3, 0.4) is 0 Å². The van der Waals surface area contributed by atoms with Crippen molar-refractivity contribution in [2.24, 2.45) is 5.92 Å². The van der Waals surface area contributed by atoms with Gasteiger partial charge in [0.25, 0.3) is 0 Å². The molecule has 0 bridgehead atoms. The molecule has 0 aromatic heterocycles. The van der Waals surface area contributed by atoms with Gasteiger partial charge in [0.2, 0.25) is 0 Å². The summed E-state index contributed by atoms with van der Waals surface area (Å²) in [5.74, 6) is 0.534. The zero-order valence-electron chi connectivity index (χ0n) is 12.5. The van der Waals surface area contributed by atoms with Crippen LogP contribution in [-0.2, 0) is 0 Å². The maximum atomic E-state index is 9.46. The van der Waals surface area contributed by atoms with Crippen LogP contribution in [0.15, 0.2) is 0 Å². The molecule has 1 N–H and O–H groups in total. The smallest absolute Gasteiger partial charge is 0.109 e. The summed E-state index contributed by atoms with van der Waals surface area (Å²) in [5.41, 5.74) is -0.245. The lowest BCUT2D eigenvalue weighted by molar-refractivity contribution is 0.127. The molecular weight excluding hydrogens is 236 g/mol. The number of likely N-dealkylation sites (N-methyl/N-ethyl adjacent to an activating group) is 1. The van der Waals surface area contributed by atoms with Crippen molar-refractivity contribution in [1.82, 2.24) is 15.1 Å². The van der Waals surface area contributed by atoms with Crippen LogP contribution in [0, 0.1) is 17.2 Å². The molecule has 2 unspecified atom stereocenters. The van der Waals surface area contributed by atoms with Gasteiger partial charge in [-0.05, 0) is 45.3 Å². The number of nitriles is 1. The van der Waals surface area contributed by atoms with Crippen LogP contribution in [0.2, 0.25) is 0 Å². The number of hydrogen-bond acceptors (Lipinski definition) is 4. The summed E-state index contributed by atoms with van der Waals surface area (Å²) in [5, 5.41) is 12.8. The quantitative estimate of drug-likeness (QED) is 0.813. The topological polar surface area (TPSA) is 42.3 Å². The van der Waals surface area contributed by atoms with E-state index in [1.807, 2.05) is 7.05 Å². The van der Waals surface area contributed by atoms with E-state index >= 15 is 0 Å². The van der Waals surface area contributed by atoms with Crippen molar-refractivity contribution in [2.45, 2.75) is 38.1 Å². The van der Waals surface area contributed by atoms with E-state index in [-0.39, 0.29) is 5.54 Å². The van der Waals surface area contributed by atoms with Crippen LogP contribution in [0.5, 0.6) is 0 Å². The fourth-order valence-corrected chi connectivity index (χ4v) is 3.67. The van der Waals surface area contributed by atoms with E-state index in [0.29, 0.717) is 5.92 Å². The molecule has 1 saturated carbocycles. The summed E-state index contributed by atoms with van der Waals surface area (Å²) in [6, 6.07) is 2.54. The van der Waals surface area contributed by atoms with E-state index < -0.39 is 0 Å². The first-order valence-electron chi connectivity index (χ1n) is 7.79. The molecule has 1 saturated heterocycles. The predicted octanol–water partition coefficient (Wildman–Crippen LogP) is 1.30. The Morgan fingerprint density at radius 3 is 2.53 bits per heavy atom. The Kier molecular flexibility index (Phi) is 5.20. The minimum Gasteiger partial charge on any atom is -0.302 e. The van der Waals surface area contributed by atoms with Gasteiger partial charge < -0.3 is 15.1 Å². The van der Waals surface area contributed by atoms with Gasteiger partial charge in [-0.2, -0.15) is 5.26 Å². The van der Waals surface area contributed by atoms with Gasteiger partial charge in [-0.1, -0.05) is 13.3 Å². The number of hydrogen-bond donors (Lipinski definition) is 1. The molecule has 0 aromatic carbocycles. The number of nitrogens with one attached hydrogen (secondary N) is 1. The molecule has 1 aliphatic heterocycles. The molecule has 0 amide bonds. The van der Waals surface area contributed by atoms with Gasteiger partial charge in [0, 0.05) is 26.2 Å². The Bertz CT molecular complexity index is 317. The van der Waals surface area contributed by atoms with Gasteiger partial charge in [-0.25, -0.2) is 0 Å². The molecule has 4 heteroatoms. The van der Waals surface area contributed by atoms with Crippen LogP contribution in [0.4, 0.5) is 0 Å². The molecule has 1 heterocycles. The van der Waals surface area contributed by atoms with Gasteiger partial charge in [-0.3, -0.25) is 0 Å². The first-order valence-corrected chi connectivity index (χ1v) is 7.79. The monoisotopic (exact) mass is 264 g/mol. The highest BCUT2D eigenvalue weighted by Gasteiger charge is 2.41. The molecule has 0 spiro atoms. The fourth-order valence-electron chi connectivity index (χ4n) is 3.67. The van der Waals surface area contributed by atoms with Crippen LogP contribution >= 0.6 is 0 Å². The second kappa shape index (κ2) is 6.69. The Balaban J connectivity index is 1.78. The first-order chi connectivity index (χ1) is 9.24. The molecule has 4 nitrogen and oxygen atoms in total. The average molecular weight is 264 g/mol. The highest BCUT2D eigenvalue weighted by Crippen LogP contribution is 2.37. The lowest BCUT2D eigenvalue weighted by Crippen LogP contribution is -2.48. The highest BCUT2D eigenvalue weighted by molar-refractivity contribution is 5.13. The van der Waals surface area contributed by atoms with Crippen molar-refractivity contribution in [1.29, 1.82) is 5.26 Å². The summed E-state index contributed by atoms with van der Waals surface area (Å²) < 4.78 is 0. The van der Waals surface area contributed by atoms with Crippen LogP contribution < -0.4 is 5.32 Å². The van der Waals surface area contributed by atoms with Crippen molar-refractivity contribution >= 4 is 0 Å². The summed E-state index contributed by atoms with van der Waals surface area (Å²) in [4.78, 5) is 5.08. The van der Waals surface area contributed by atoms with Crippen LogP contribution in [0.25, 0.3) is 0 Å². The van der Waals surface area contributed by atoms with Crippen molar-refractivity contribution in [2.75, 3.05) is 46.3 Å². The first kappa shape index (κ1) is 14.8. The second-order valence-corrected chi connectivity index (χ2v) is 5.99. The van der Waals surface area contributed by atoms with Gasteiger partial charge in [0.05, 0.1) is 6.07 Å². The Morgan fingerprint density at radius 1 is 1.26 bits per heavy atom. The lowest BCUT2D eigenvalue weighted by Gasteiger charge is -2.36. The third-order valence-electron chi connectivity index (χ3n) is 5.17. The van der Waals surface area contributed by atoms with Crippen LogP contribution in [0.1, 0.15) is 32.6 Å². The minimum absolute atomic E-state index is 0.245. The van der Waals surface area contributed by atoms with Gasteiger partial charge in [-0.15, -0.1) is 0 Å². The van der Waals surface area contributed by atoms with Crippen molar-refractivity contribution in [3.8, 4) is 6.07 Å². The summed E-state index contributed by atoms with van der Waals surface area (Å²) >= 11 is 0. The van der Waals surface area contributed by atoms with Crippen molar-refractivity contribution < 1.29 is 0 Å². The number of rotatable bonds is 5. The van der Waals surface area contributed by atoms with Crippen molar-refractivity contribution in [3.63, 3.8) is 0 Å². The molecule has 1 aliphatic carbocycles. The molecule has 2 rings (SSSR count). The van der Waals surface area contributed by atoms with E-state index in [4.69, 9.17) is 0 Å². The van der Waals surface area contributed by atoms with E-state index in [1.165, 1.54) is 52.0 Å². The Morgan fingerprint density at radius 2 is 1.95 bits per heavy atom. The molecular formula is C15H28N4. The number of nitrogens with zero attached hydrogens (tertiary/aromatic N) is 3. The lowest BCUT2D eigenvalue weighted by atomic mass is 9.86. The molecule has 2 fully saturated rings. The third kappa shape index (κ3) is 3.28. The zero-order valence-corrected chi connectivity index (χ0v) is 12.5. The maximum Gasteiger partial charge on any atom is 0.109 e. The van der Waals surface area contributed by atoms with E-state index in [2.05, 4.69) is 28.1 Å². The standard InChI is InChI=1S/C15H28N4/c1-3-18-9-11-19(12-10-18)8-6-14-5-4-7-15(14,13-16)17-2/h14,17H,3-12H2,1-2H3. The van der Waals surface area contributed by atoms with E-state index in [0.717, 1.165) is 13.0 Å². The van der Waals surface area contributed by atoms with Crippen LogP contribution in [-0.4, -0.2) is 61.7 Å². The Hall–Kier alpha value is -0.630.